The summed E-state index contributed by atoms with van der Waals surface area (Å²) in [5.74, 6) is -1.75. The third-order valence-corrected chi connectivity index (χ3v) is 7.09. The van der Waals surface area contributed by atoms with E-state index in [1.807, 2.05) is 0 Å². The van der Waals surface area contributed by atoms with Crippen molar-refractivity contribution in [3.8, 4) is 5.75 Å². The molecule has 2 saturated heterocycles. The molecule has 1 unspecified atom stereocenters. The van der Waals surface area contributed by atoms with Crippen molar-refractivity contribution in [1.29, 1.82) is 0 Å². The predicted octanol–water partition coefficient (Wildman–Crippen LogP) is -0.291. The Hall–Kier alpha value is -3.02. The van der Waals surface area contributed by atoms with Gasteiger partial charge < -0.3 is 19.7 Å². The van der Waals surface area contributed by atoms with Gasteiger partial charge in [0, 0.05) is 6.07 Å². The molecule has 1 aromatic carbocycles. The van der Waals surface area contributed by atoms with Crippen molar-refractivity contribution in [2.75, 3.05) is 13.7 Å². The second-order valence-electron chi connectivity index (χ2n) is 7.05. The molecule has 2 fully saturated rings. The van der Waals surface area contributed by atoms with Gasteiger partial charge in [-0.15, -0.1) is 0 Å². The first-order valence-electron chi connectivity index (χ1n) is 8.57. The number of nitrogens with zero attached hydrogens (tertiary/aromatic N) is 2. The van der Waals surface area contributed by atoms with Gasteiger partial charge in [-0.05, 0) is 19.9 Å². The van der Waals surface area contributed by atoms with Crippen LogP contribution in [0.25, 0.3) is 0 Å². The molecule has 2 amide bonds. The van der Waals surface area contributed by atoms with Crippen molar-refractivity contribution in [3.63, 3.8) is 0 Å². The van der Waals surface area contributed by atoms with Crippen LogP contribution in [0.5, 0.6) is 5.75 Å². The standard InChI is InChI=1S/C17H19N3O8S/c1-17(2)13(16(23)27-3)19-14(22)12(15(19)29(17)26)18-11(21)8-28-10-6-4-5-9(7-10)20(24)25/h4-7,12-13,15H,8H2,1-3H3,(H,18,21)/t12-,13+,15-,29?/m1/s1. The summed E-state index contributed by atoms with van der Waals surface area (Å²) < 4.78 is 21.7. The van der Waals surface area contributed by atoms with Crippen molar-refractivity contribution in [2.24, 2.45) is 0 Å². The number of amides is 2. The first-order valence-corrected chi connectivity index (χ1v) is 9.78. The van der Waals surface area contributed by atoms with Crippen LogP contribution in [-0.2, 0) is 29.9 Å². The largest absolute Gasteiger partial charge is 0.484 e. The molecule has 2 aliphatic rings. The molecule has 3 rings (SSSR count). The van der Waals surface area contributed by atoms with Crippen LogP contribution in [0.15, 0.2) is 24.3 Å². The van der Waals surface area contributed by atoms with Crippen LogP contribution in [0.4, 0.5) is 5.69 Å². The van der Waals surface area contributed by atoms with Crippen LogP contribution in [0, 0.1) is 10.1 Å². The van der Waals surface area contributed by atoms with Gasteiger partial charge in [0.25, 0.3) is 11.6 Å². The average molecular weight is 425 g/mol. The molecule has 0 aliphatic carbocycles. The minimum Gasteiger partial charge on any atom is -0.484 e. The molecule has 11 nitrogen and oxygen atoms in total. The number of rotatable bonds is 6. The summed E-state index contributed by atoms with van der Waals surface area (Å²) in [6.45, 7) is 2.70. The van der Waals surface area contributed by atoms with Crippen molar-refractivity contribution in [3.05, 3.63) is 34.4 Å². The summed E-state index contributed by atoms with van der Waals surface area (Å²) in [5, 5.41) is 12.4. The monoisotopic (exact) mass is 425 g/mol. The summed E-state index contributed by atoms with van der Waals surface area (Å²) in [5.41, 5.74) is -0.190. The normalized spacial score (nSPS) is 26.9. The zero-order valence-electron chi connectivity index (χ0n) is 15.8. The number of nitro benzene ring substituents is 1. The van der Waals surface area contributed by atoms with Crippen molar-refractivity contribution in [1.82, 2.24) is 10.2 Å². The number of ether oxygens (including phenoxy) is 2. The second-order valence-corrected chi connectivity index (χ2v) is 9.18. The molecule has 0 spiro atoms. The lowest BCUT2D eigenvalue weighted by Gasteiger charge is -2.43. The second kappa shape index (κ2) is 7.43. The van der Waals surface area contributed by atoms with Gasteiger partial charge in [-0.1, -0.05) is 6.07 Å². The molecule has 29 heavy (non-hydrogen) atoms. The minimum atomic E-state index is -1.62. The van der Waals surface area contributed by atoms with Crippen LogP contribution in [0.1, 0.15) is 13.8 Å². The lowest BCUT2D eigenvalue weighted by Crippen LogP contribution is -2.71. The third kappa shape index (κ3) is 3.43. The number of non-ortho nitro benzene ring substituents is 1. The van der Waals surface area contributed by atoms with E-state index in [9.17, 15) is 28.7 Å². The molecular formula is C17H19N3O8S. The third-order valence-electron chi connectivity index (χ3n) is 4.89. The molecule has 0 bridgehead atoms. The summed E-state index contributed by atoms with van der Waals surface area (Å²) in [6, 6.07) is 3.26. The number of esters is 1. The fourth-order valence-electron chi connectivity index (χ4n) is 3.44. The number of hydrogen-bond donors (Lipinski definition) is 1. The van der Waals surface area contributed by atoms with E-state index in [-0.39, 0.29) is 11.4 Å². The van der Waals surface area contributed by atoms with Crippen LogP contribution in [0.3, 0.4) is 0 Å². The maximum absolute atomic E-state index is 12.8. The molecule has 1 aromatic rings. The Labute approximate surface area is 167 Å². The Balaban J connectivity index is 1.65. The number of carbonyl (C=O) groups excluding carboxylic acids is 3. The lowest BCUT2D eigenvalue weighted by atomic mass is 9.96. The van der Waals surface area contributed by atoms with Gasteiger partial charge >= 0.3 is 5.97 Å². The van der Waals surface area contributed by atoms with Crippen LogP contribution in [-0.4, -0.2) is 67.7 Å². The van der Waals surface area contributed by atoms with Gasteiger partial charge in [0.1, 0.15) is 23.2 Å². The zero-order chi connectivity index (χ0) is 21.5. The first kappa shape index (κ1) is 20.7. The summed E-state index contributed by atoms with van der Waals surface area (Å²) in [6.07, 6.45) is 0. The molecule has 2 aliphatic heterocycles. The van der Waals surface area contributed by atoms with E-state index in [1.165, 1.54) is 36.3 Å². The maximum Gasteiger partial charge on any atom is 0.330 e. The highest BCUT2D eigenvalue weighted by Gasteiger charge is 2.68. The Morgan fingerprint density at radius 2 is 2.07 bits per heavy atom. The van der Waals surface area contributed by atoms with E-state index in [0.717, 1.165) is 0 Å². The number of hydrogen-bond acceptors (Lipinski definition) is 8. The van der Waals surface area contributed by atoms with Gasteiger partial charge in [-0.2, -0.15) is 0 Å². The topological polar surface area (TPSA) is 145 Å². The fourth-order valence-corrected chi connectivity index (χ4v) is 5.35. The van der Waals surface area contributed by atoms with E-state index in [0.29, 0.717) is 0 Å². The summed E-state index contributed by atoms with van der Waals surface area (Å²) in [4.78, 5) is 48.1. The number of fused-ring (bicyclic) bond motifs is 1. The van der Waals surface area contributed by atoms with Crippen LogP contribution in [0.2, 0.25) is 0 Å². The van der Waals surface area contributed by atoms with E-state index in [4.69, 9.17) is 9.47 Å². The SMILES string of the molecule is COC(=O)[C@@H]1N2C(=O)[C@@H](NC(=O)COc3cccc([N+](=O)[O-])c3)[C@H]2S(=O)C1(C)C. The fraction of sp³-hybridized carbons (Fsp3) is 0.471. The zero-order valence-corrected chi connectivity index (χ0v) is 16.6. The molecule has 156 valence electrons. The van der Waals surface area contributed by atoms with Crippen LogP contribution >= 0.6 is 0 Å². The van der Waals surface area contributed by atoms with Crippen LogP contribution < -0.4 is 10.1 Å². The van der Waals surface area contributed by atoms with E-state index in [2.05, 4.69) is 5.32 Å². The van der Waals surface area contributed by atoms with E-state index >= 15 is 0 Å². The van der Waals surface area contributed by atoms with Gasteiger partial charge in [0.2, 0.25) is 5.91 Å². The number of nitro groups is 1. The quantitative estimate of drug-likeness (QED) is 0.283. The lowest BCUT2D eigenvalue weighted by molar-refractivity contribution is -0.384. The molecular weight excluding hydrogens is 406 g/mol. The molecule has 2 heterocycles. The Kier molecular flexibility index (Phi) is 5.30. The molecule has 4 atom stereocenters. The average Bonchev–Trinajstić information content (AvgIpc) is 2.88. The number of nitrogens with one attached hydrogen (secondary N) is 1. The molecule has 0 saturated carbocycles. The number of carbonyl (C=O) groups is 3. The number of benzene rings is 1. The highest BCUT2D eigenvalue weighted by Crippen LogP contribution is 2.43. The maximum atomic E-state index is 12.8. The predicted molar refractivity (Wildman–Crippen MR) is 99.2 cm³/mol. The minimum absolute atomic E-state index is 0.118. The van der Waals surface area contributed by atoms with Crippen molar-refractivity contribution < 1.29 is 33.0 Å². The molecule has 1 N–H and O–H groups in total. The number of β-lactam (4-membered cyclic amide) rings is 1. The van der Waals surface area contributed by atoms with Gasteiger partial charge in [-0.3, -0.25) is 23.9 Å². The Bertz CT molecular complexity index is 918. The smallest absolute Gasteiger partial charge is 0.330 e. The van der Waals surface area contributed by atoms with Crippen molar-refractivity contribution >= 4 is 34.3 Å². The molecule has 0 radical (unpaired) electrons. The molecule has 0 aromatic heterocycles. The summed E-state index contributed by atoms with van der Waals surface area (Å²) >= 11 is 0. The van der Waals surface area contributed by atoms with E-state index < -0.39 is 62.3 Å². The van der Waals surface area contributed by atoms with Crippen molar-refractivity contribution in [2.45, 2.75) is 36.1 Å². The molecule has 12 heteroatoms. The Morgan fingerprint density at radius 3 is 2.69 bits per heavy atom. The van der Waals surface area contributed by atoms with Gasteiger partial charge in [-0.25, -0.2) is 4.79 Å². The highest BCUT2D eigenvalue weighted by molar-refractivity contribution is 7.87. The Morgan fingerprint density at radius 1 is 1.38 bits per heavy atom. The van der Waals surface area contributed by atoms with Gasteiger partial charge in [0.15, 0.2) is 6.61 Å². The van der Waals surface area contributed by atoms with E-state index in [1.54, 1.807) is 13.8 Å². The first-order chi connectivity index (χ1) is 13.6. The summed E-state index contributed by atoms with van der Waals surface area (Å²) in [7, 11) is -0.431. The highest BCUT2D eigenvalue weighted by atomic mass is 32.2. The number of methoxy groups -OCH3 is 1. The van der Waals surface area contributed by atoms with Gasteiger partial charge in [0.05, 0.1) is 33.6 Å².